The van der Waals surface area contributed by atoms with E-state index in [1.807, 2.05) is 18.2 Å². The van der Waals surface area contributed by atoms with E-state index in [0.717, 1.165) is 5.39 Å². The molecular formula is C12H13NOSe. The van der Waals surface area contributed by atoms with Crippen LogP contribution in [0.2, 0.25) is 0 Å². The monoisotopic (exact) mass is 267 g/mol. The Balaban J connectivity index is 2.19. The van der Waals surface area contributed by atoms with Gasteiger partial charge in [0.1, 0.15) is 0 Å². The molecule has 1 aromatic heterocycles. The summed E-state index contributed by atoms with van der Waals surface area (Å²) in [5, 5.41) is 0.949. The summed E-state index contributed by atoms with van der Waals surface area (Å²) < 4.78 is 3.40. The molecule has 1 fully saturated rings. The van der Waals surface area contributed by atoms with Crippen LogP contribution in [0.3, 0.4) is 0 Å². The van der Waals surface area contributed by atoms with E-state index in [1.165, 1.54) is 29.9 Å². The van der Waals surface area contributed by atoms with Gasteiger partial charge in [0, 0.05) is 0 Å². The minimum atomic E-state index is 0.239. The quantitative estimate of drug-likeness (QED) is 0.725. The Bertz CT molecular complexity index is 534. The van der Waals surface area contributed by atoms with Gasteiger partial charge >= 0.3 is 94.3 Å². The average Bonchev–Trinajstić information content (AvgIpc) is 2.87. The van der Waals surface area contributed by atoms with Gasteiger partial charge in [0.2, 0.25) is 0 Å². The molecule has 3 rings (SSSR count). The molecule has 0 unspecified atom stereocenters. The van der Waals surface area contributed by atoms with Crippen molar-refractivity contribution in [1.29, 1.82) is 0 Å². The summed E-state index contributed by atoms with van der Waals surface area (Å²) in [5.41, 5.74) is 0.275. The molecule has 0 spiro atoms. The first kappa shape index (κ1) is 9.44. The third-order valence-electron chi connectivity index (χ3n) is 3.17. The SMILES string of the molecule is O=c1c2ccccc2[se]n1C1CCCC1. The van der Waals surface area contributed by atoms with Crippen molar-refractivity contribution >= 4 is 24.4 Å². The van der Waals surface area contributed by atoms with Crippen LogP contribution in [0.25, 0.3) is 9.65 Å². The molecule has 2 aromatic rings. The minimum absolute atomic E-state index is 0.239. The summed E-state index contributed by atoms with van der Waals surface area (Å²) in [5.74, 6) is 0. The van der Waals surface area contributed by atoms with Gasteiger partial charge in [-0.1, -0.05) is 0 Å². The summed E-state index contributed by atoms with van der Waals surface area (Å²) >= 11 is 0.239. The molecule has 0 aliphatic heterocycles. The van der Waals surface area contributed by atoms with E-state index in [0.29, 0.717) is 6.04 Å². The number of benzene rings is 1. The maximum absolute atomic E-state index is 12.1. The molecule has 15 heavy (non-hydrogen) atoms. The first-order valence-corrected chi connectivity index (χ1v) is 7.09. The van der Waals surface area contributed by atoms with Crippen LogP contribution in [0, 0.1) is 0 Å². The van der Waals surface area contributed by atoms with Gasteiger partial charge in [0.25, 0.3) is 0 Å². The van der Waals surface area contributed by atoms with E-state index in [4.69, 9.17) is 0 Å². The molecule has 3 heteroatoms. The third kappa shape index (κ3) is 1.50. The zero-order chi connectivity index (χ0) is 10.3. The van der Waals surface area contributed by atoms with Crippen molar-refractivity contribution in [2.45, 2.75) is 31.7 Å². The van der Waals surface area contributed by atoms with Crippen LogP contribution in [0.1, 0.15) is 31.7 Å². The van der Waals surface area contributed by atoms with Gasteiger partial charge in [-0.2, -0.15) is 0 Å². The van der Waals surface area contributed by atoms with E-state index in [-0.39, 0.29) is 20.3 Å². The van der Waals surface area contributed by atoms with E-state index < -0.39 is 0 Å². The topological polar surface area (TPSA) is 22.0 Å². The van der Waals surface area contributed by atoms with E-state index in [9.17, 15) is 4.79 Å². The number of rotatable bonds is 1. The van der Waals surface area contributed by atoms with Crippen molar-refractivity contribution in [2.24, 2.45) is 0 Å². The normalized spacial score (nSPS) is 17.6. The molecule has 1 aliphatic rings. The van der Waals surface area contributed by atoms with Crippen molar-refractivity contribution in [3.05, 3.63) is 34.6 Å². The van der Waals surface area contributed by atoms with Gasteiger partial charge in [0.15, 0.2) is 0 Å². The summed E-state index contributed by atoms with van der Waals surface area (Å²) in [6.07, 6.45) is 5.00. The molecule has 2 nitrogen and oxygen atoms in total. The molecule has 1 aliphatic carbocycles. The Morgan fingerprint density at radius 3 is 2.67 bits per heavy atom. The fraction of sp³-hybridized carbons (Fsp3) is 0.417. The van der Waals surface area contributed by atoms with Crippen molar-refractivity contribution in [3.63, 3.8) is 0 Å². The summed E-state index contributed by atoms with van der Waals surface area (Å²) in [7, 11) is 0. The van der Waals surface area contributed by atoms with Crippen molar-refractivity contribution in [1.82, 2.24) is 3.56 Å². The van der Waals surface area contributed by atoms with Gasteiger partial charge in [-0.3, -0.25) is 0 Å². The number of nitrogens with zero attached hydrogens (tertiary/aromatic N) is 1. The number of hydrogen-bond acceptors (Lipinski definition) is 1. The van der Waals surface area contributed by atoms with Crippen LogP contribution in [-0.4, -0.2) is 18.3 Å². The maximum atomic E-state index is 12.1. The summed E-state index contributed by atoms with van der Waals surface area (Å²) in [6.45, 7) is 0. The molecule has 0 N–H and O–H groups in total. The molecule has 1 heterocycles. The Kier molecular flexibility index (Phi) is 2.30. The number of hydrogen-bond donors (Lipinski definition) is 0. The number of aromatic nitrogens is 1. The van der Waals surface area contributed by atoms with Crippen LogP contribution < -0.4 is 5.56 Å². The third-order valence-corrected chi connectivity index (χ3v) is 5.72. The zero-order valence-electron chi connectivity index (χ0n) is 8.48. The van der Waals surface area contributed by atoms with Crippen LogP contribution in [0.15, 0.2) is 29.1 Å². The second-order valence-corrected chi connectivity index (χ2v) is 6.29. The second kappa shape index (κ2) is 3.66. The van der Waals surface area contributed by atoms with Gasteiger partial charge in [-0.05, 0) is 0 Å². The average molecular weight is 266 g/mol. The van der Waals surface area contributed by atoms with Gasteiger partial charge in [-0.15, -0.1) is 0 Å². The van der Waals surface area contributed by atoms with E-state index in [2.05, 4.69) is 9.63 Å². The van der Waals surface area contributed by atoms with Crippen LogP contribution in [0.4, 0.5) is 0 Å². The molecule has 0 atom stereocenters. The van der Waals surface area contributed by atoms with E-state index >= 15 is 0 Å². The molecule has 1 aromatic carbocycles. The molecule has 0 saturated heterocycles. The molecule has 0 bridgehead atoms. The Hall–Kier alpha value is -0.791. The standard InChI is InChI=1S/C12H13NOSe/c14-12-10-7-3-4-8-11(10)15-13(12)9-5-1-2-6-9/h3-4,7-9H,1-2,5-6H2. The molecule has 1 saturated carbocycles. The van der Waals surface area contributed by atoms with Crippen LogP contribution in [0.5, 0.6) is 0 Å². The van der Waals surface area contributed by atoms with Crippen LogP contribution in [-0.2, 0) is 0 Å². The van der Waals surface area contributed by atoms with Crippen molar-refractivity contribution < 1.29 is 0 Å². The van der Waals surface area contributed by atoms with E-state index in [1.54, 1.807) is 0 Å². The Morgan fingerprint density at radius 1 is 1.20 bits per heavy atom. The van der Waals surface area contributed by atoms with Crippen molar-refractivity contribution in [3.8, 4) is 0 Å². The predicted molar refractivity (Wildman–Crippen MR) is 62.7 cm³/mol. The Morgan fingerprint density at radius 2 is 1.93 bits per heavy atom. The van der Waals surface area contributed by atoms with Crippen molar-refractivity contribution in [2.75, 3.05) is 0 Å². The predicted octanol–water partition coefficient (Wildman–Crippen LogP) is 2.17. The first-order valence-electron chi connectivity index (χ1n) is 5.47. The molecule has 78 valence electrons. The fourth-order valence-corrected chi connectivity index (χ4v) is 4.77. The summed E-state index contributed by atoms with van der Waals surface area (Å²) in [4.78, 5) is 12.1. The van der Waals surface area contributed by atoms with Gasteiger partial charge < -0.3 is 0 Å². The first-order chi connectivity index (χ1) is 7.36. The number of fused-ring (bicyclic) bond motifs is 1. The fourth-order valence-electron chi connectivity index (χ4n) is 2.37. The Labute approximate surface area is 94.5 Å². The second-order valence-electron chi connectivity index (χ2n) is 4.16. The van der Waals surface area contributed by atoms with Gasteiger partial charge in [-0.25, -0.2) is 0 Å². The van der Waals surface area contributed by atoms with Gasteiger partial charge in [0.05, 0.1) is 0 Å². The molecule has 0 radical (unpaired) electrons. The molecule has 0 amide bonds. The summed E-state index contributed by atoms with van der Waals surface area (Å²) in [6, 6.07) is 8.60. The zero-order valence-corrected chi connectivity index (χ0v) is 10.2. The molecular weight excluding hydrogens is 253 g/mol. The van der Waals surface area contributed by atoms with Crippen LogP contribution >= 0.6 is 0 Å².